The number of nitrogens with one attached hydrogen (secondary N) is 1. The summed E-state index contributed by atoms with van der Waals surface area (Å²) in [6, 6.07) is 8.80. The van der Waals surface area contributed by atoms with Crippen LogP contribution >= 0.6 is 12.2 Å². The van der Waals surface area contributed by atoms with Crippen molar-refractivity contribution in [2.75, 3.05) is 0 Å². The van der Waals surface area contributed by atoms with Gasteiger partial charge in [-0.1, -0.05) is 12.1 Å². The summed E-state index contributed by atoms with van der Waals surface area (Å²) in [5, 5.41) is 0. The normalized spacial score (nSPS) is 12.0. The van der Waals surface area contributed by atoms with Crippen LogP contribution in [0.1, 0.15) is 11.1 Å². The summed E-state index contributed by atoms with van der Waals surface area (Å²) >= 11 is 5.20. The minimum atomic E-state index is -4.35. The highest BCUT2D eigenvalue weighted by atomic mass is 32.1. The van der Waals surface area contributed by atoms with Gasteiger partial charge in [-0.2, -0.15) is 13.2 Å². The van der Waals surface area contributed by atoms with Gasteiger partial charge in [0.15, 0.2) is 10.4 Å². The molecule has 0 fully saturated rings. The Balaban J connectivity index is 2.03. The van der Waals surface area contributed by atoms with Crippen LogP contribution in [0, 0.1) is 4.77 Å². The molecule has 2 aromatic heterocycles. The van der Waals surface area contributed by atoms with E-state index in [1.807, 2.05) is 6.07 Å². The lowest BCUT2D eigenvalue weighted by atomic mass is 10.1. The molecule has 3 nitrogen and oxygen atoms in total. The number of nitrogens with zero attached hydrogens (tertiary/aromatic N) is 2. The molecule has 0 aliphatic carbocycles. The van der Waals surface area contributed by atoms with Crippen LogP contribution in [0.3, 0.4) is 0 Å². The number of alkyl halides is 3. The summed E-state index contributed by atoms with van der Waals surface area (Å²) in [6.45, 7) is 0.236. The molecule has 0 unspecified atom stereocenters. The number of aromatic nitrogens is 3. The number of hydrogen-bond acceptors (Lipinski definition) is 2. The first-order valence-electron chi connectivity index (χ1n) is 6.15. The molecule has 2 heterocycles. The van der Waals surface area contributed by atoms with E-state index in [9.17, 15) is 13.2 Å². The first kappa shape index (κ1) is 13.8. The Kier molecular flexibility index (Phi) is 3.29. The molecule has 0 saturated carbocycles. The molecule has 0 bridgehead atoms. The maximum atomic E-state index is 12.7. The minimum absolute atomic E-state index is 0.236. The van der Waals surface area contributed by atoms with E-state index < -0.39 is 11.7 Å². The third kappa shape index (κ3) is 2.69. The first-order chi connectivity index (χ1) is 9.95. The maximum Gasteiger partial charge on any atom is 0.416 e. The highest BCUT2D eigenvalue weighted by Crippen LogP contribution is 2.29. The molecule has 7 heteroatoms. The molecule has 3 rings (SSSR count). The van der Waals surface area contributed by atoms with E-state index in [4.69, 9.17) is 12.2 Å². The minimum Gasteiger partial charge on any atom is -0.329 e. The molecule has 21 heavy (non-hydrogen) atoms. The smallest absolute Gasteiger partial charge is 0.329 e. The Labute approximate surface area is 123 Å². The maximum absolute atomic E-state index is 12.7. The van der Waals surface area contributed by atoms with Crippen molar-refractivity contribution < 1.29 is 13.2 Å². The average molecular weight is 309 g/mol. The summed E-state index contributed by atoms with van der Waals surface area (Å²) in [7, 11) is 0. The molecule has 1 aromatic carbocycles. The lowest BCUT2D eigenvalue weighted by Gasteiger charge is -2.09. The summed E-state index contributed by atoms with van der Waals surface area (Å²) < 4.78 is 40.3. The summed E-state index contributed by atoms with van der Waals surface area (Å²) in [6.07, 6.45) is -2.73. The molecule has 108 valence electrons. The molecule has 0 radical (unpaired) electrons. The molecule has 3 aromatic rings. The van der Waals surface area contributed by atoms with Crippen molar-refractivity contribution in [1.29, 1.82) is 0 Å². The molecular formula is C14H10F3N3S. The van der Waals surface area contributed by atoms with E-state index in [0.29, 0.717) is 16.0 Å². The number of hydrogen-bond donors (Lipinski definition) is 1. The van der Waals surface area contributed by atoms with Crippen LogP contribution in [0.5, 0.6) is 0 Å². The quantitative estimate of drug-likeness (QED) is 0.721. The molecule has 0 saturated heterocycles. The van der Waals surface area contributed by atoms with Crippen molar-refractivity contribution in [2.24, 2.45) is 0 Å². The fourth-order valence-corrected chi connectivity index (χ4v) is 2.42. The van der Waals surface area contributed by atoms with Crippen LogP contribution in [-0.4, -0.2) is 14.5 Å². The molecule has 0 spiro atoms. The van der Waals surface area contributed by atoms with Crippen molar-refractivity contribution in [3.63, 3.8) is 0 Å². The highest BCUT2D eigenvalue weighted by molar-refractivity contribution is 7.71. The molecule has 0 aliphatic heterocycles. The van der Waals surface area contributed by atoms with Crippen LogP contribution in [-0.2, 0) is 12.7 Å². The highest BCUT2D eigenvalue weighted by Gasteiger charge is 2.30. The Hall–Kier alpha value is -2.15. The molecule has 1 N–H and O–H groups in total. The molecule has 0 atom stereocenters. The fourth-order valence-electron chi connectivity index (χ4n) is 2.16. The topological polar surface area (TPSA) is 33.6 Å². The number of imidazole rings is 1. The van der Waals surface area contributed by atoms with Crippen molar-refractivity contribution in [3.05, 3.63) is 58.5 Å². The standard InChI is InChI=1S/C14H10F3N3S/c15-14(16,17)10-4-1-3-9(7-10)8-20-12-11(19-13(20)21)5-2-6-18-12/h1-7H,8H2,(H,19,21). The fraction of sp³-hybridized carbons (Fsp3) is 0.143. The second-order valence-corrected chi connectivity index (χ2v) is 4.98. The molecule has 0 aliphatic rings. The van der Waals surface area contributed by atoms with Crippen LogP contribution in [0.4, 0.5) is 13.2 Å². The van der Waals surface area contributed by atoms with Crippen LogP contribution in [0.2, 0.25) is 0 Å². The van der Waals surface area contributed by atoms with E-state index in [1.165, 1.54) is 6.07 Å². The van der Waals surface area contributed by atoms with Gasteiger partial charge in [-0.15, -0.1) is 0 Å². The predicted octanol–water partition coefficient (Wildman–Crippen LogP) is 4.16. The van der Waals surface area contributed by atoms with Crippen LogP contribution < -0.4 is 0 Å². The van der Waals surface area contributed by atoms with E-state index in [0.717, 1.165) is 17.6 Å². The van der Waals surface area contributed by atoms with E-state index in [-0.39, 0.29) is 6.54 Å². The number of benzene rings is 1. The van der Waals surface area contributed by atoms with Crippen molar-refractivity contribution in [1.82, 2.24) is 14.5 Å². The van der Waals surface area contributed by atoms with Gasteiger partial charge in [0.05, 0.1) is 17.6 Å². The van der Waals surface area contributed by atoms with E-state index >= 15 is 0 Å². The van der Waals surface area contributed by atoms with Crippen LogP contribution in [0.15, 0.2) is 42.6 Å². The number of halogens is 3. The predicted molar refractivity (Wildman–Crippen MR) is 75.5 cm³/mol. The number of rotatable bonds is 2. The van der Waals surface area contributed by atoms with Gasteiger partial charge in [0, 0.05) is 6.20 Å². The second kappa shape index (κ2) is 5.00. The third-order valence-corrected chi connectivity index (χ3v) is 3.45. The lowest BCUT2D eigenvalue weighted by Crippen LogP contribution is -2.07. The largest absolute Gasteiger partial charge is 0.416 e. The molecular weight excluding hydrogens is 299 g/mol. The Morgan fingerprint density at radius 2 is 2.00 bits per heavy atom. The van der Waals surface area contributed by atoms with Gasteiger partial charge in [-0.3, -0.25) is 4.57 Å². The zero-order valence-electron chi connectivity index (χ0n) is 10.7. The molecule has 0 amide bonds. The Morgan fingerprint density at radius 1 is 1.19 bits per heavy atom. The van der Waals surface area contributed by atoms with Gasteiger partial charge in [-0.25, -0.2) is 4.98 Å². The van der Waals surface area contributed by atoms with Crippen molar-refractivity contribution in [3.8, 4) is 0 Å². The zero-order chi connectivity index (χ0) is 15.0. The van der Waals surface area contributed by atoms with Gasteiger partial charge in [0.1, 0.15) is 0 Å². The Bertz CT molecular complexity index is 848. The second-order valence-electron chi connectivity index (χ2n) is 4.59. The van der Waals surface area contributed by atoms with Gasteiger partial charge in [0.25, 0.3) is 0 Å². The van der Waals surface area contributed by atoms with Crippen LogP contribution in [0.25, 0.3) is 11.2 Å². The third-order valence-electron chi connectivity index (χ3n) is 3.12. The van der Waals surface area contributed by atoms with Crippen molar-refractivity contribution in [2.45, 2.75) is 12.7 Å². The summed E-state index contributed by atoms with van der Waals surface area (Å²) in [4.78, 5) is 7.20. The number of pyridine rings is 1. The average Bonchev–Trinajstić information content (AvgIpc) is 2.75. The lowest BCUT2D eigenvalue weighted by molar-refractivity contribution is -0.137. The Morgan fingerprint density at radius 3 is 2.76 bits per heavy atom. The zero-order valence-corrected chi connectivity index (χ0v) is 11.5. The number of aromatic amines is 1. The van der Waals surface area contributed by atoms with Gasteiger partial charge in [0.2, 0.25) is 0 Å². The van der Waals surface area contributed by atoms with Gasteiger partial charge in [-0.05, 0) is 42.0 Å². The monoisotopic (exact) mass is 309 g/mol. The van der Waals surface area contributed by atoms with E-state index in [1.54, 1.807) is 22.9 Å². The summed E-state index contributed by atoms with van der Waals surface area (Å²) in [5.74, 6) is 0. The number of fused-ring (bicyclic) bond motifs is 1. The SMILES string of the molecule is FC(F)(F)c1cccc(Cn2c(=S)[nH]c3cccnc32)c1. The van der Waals surface area contributed by atoms with E-state index in [2.05, 4.69) is 9.97 Å². The summed E-state index contributed by atoms with van der Waals surface area (Å²) in [5.41, 5.74) is 1.24. The first-order valence-corrected chi connectivity index (χ1v) is 6.55. The van der Waals surface area contributed by atoms with Gasteiger partial charge >= 0.3 is 6.18 Å². The van der Waals surface area contributed by atoms with Gasteiger partial charge < -0.3 is 4.98 Å². The van der Waals surface area contributed by atoms with Crippen molar-refractivity contribution >= 4 is 23.4 Å². The number of H-pyrrole nitrogens is 1.